The third-order valence-electron chi connectivity index (χ3n) is 2.85. The lowest BCUT2D eigenvalue weighted by Crippen LogP contribution is -2.12. The van der Waals surface area contributed by atoms with Crippen LogP contribution in [0.2, 0.25) is 0 Å². The van der Waals surface area contributed by atoms with Crippen molar-refractivity contribution in [1.29, 1.82) is 5.26 Å². The second-order valence-electron chi connectivity index (χ2n) is 4.22. The van der Waals surface area contributed by atoms with Gasteiger partial charge in [0.1, 0.15) is 6.07 Å². The van der Waals surface area contributed by atoms with Crippen LogP contribution in [0, 0.1) is 11.3 Å². The molecule has 1 rings (SSSR count). The third kappa shape index (κ3) is 3.29. The van der Waals surface area contributed by atoms with Crippen LogP contribution in [0.1, 0.15) is 37.4 Å². The Hall–Kier alpha value is -2.49. The van der Waals surface area contributed by atoms with Crippen molar-refractivity contribution in [2.24, 2.45) is 5.73 Å². The first-order chi connectivity index (χ1) is 9.56. The molecule has 1 heterocycles. The van der Waals surface area contributed by atoms with Crippen molar-refractivity contribution < 1.29 is 14.1 Å². The number of nitrogens with two attached hydrogens (primary N) is 2. The van der Waals surface area contributed by atoms with Gasteiger partial charge < -0.3 is 20.7 Å². The fourth-order valence-electron chi connectivity index (χ4n) is 1.78. The van der Waals surface area contributed by atoms with Gasteiger partial charge in [0.15, 0.2) is 5.57 Å². The average molecular weight is 278 g/mol. The van der Waals surface area contributed by atoms with Crippen LogP contribution in [0.15, 0.2) is 10.1 Å². The lowest BCUT2D eigenvalue weighted by Gasteiger charge is -2.05. The molecule has 108 valence electrons. The molecule has 0 saturated heterocycles. The molecule has 1 aromatic heterocycles. The number of aromatic nitrogens is 1. The zero-order valence-electron chi connectivity index (χ0n) is 11.6. The number of methoxy groups -OCH3 is 1. The highest BCUT2D eigenvalue weighted by molar-refractivity contribution is 6.01. The number of carbonyl (C=O) groups is 1. The maximum Gasteiger partial charge on any atom is 0.350 e. The first-order valence-corrected chi connectivity index (χ1v) is 6.29. The van der Waals surface area contributed by atoms with Crippen LogP contribution < -0.4 is 11.5 Å². The van der Waals surface area contributed by atoms with Crippen molar-refractivity contribution in [3.63, 3.8) is 0 Å². The largest absolute Gasteiger partial charge is 0.465 e. The summed E-state index contributed by atoms with van der Waals surface area (Å²) in [4.78, 5) is 11.5. The number of carbonyl (C=O) groups excluding carboxylic acids is 1. The van der Waals surface area contributed by atoms with E-state index in [9.17, 15) is 4.79 Å². The Balaban J connectivity index is 3.17. The van der Waals surface area contributed by atoms with E-state index in [0.717, 1.165) is 19.3 Å². The van der Waals surface area contributed by atoms with Gasteiger partial charge >= 0.3 is 5.97 Å². The van der Waals surface area contributed by atoms with Crippen molar-refractivity contribution in [2.75, 3.05) is 12.8 Å². The second kappa shape index (κ2) is 7.19. The highest BCUT2D eigenvalue weighted by atomic mass is 16.5. The quantitative estimate of drug-likeness (QED) is 0.348. The predicted molar refractivity (Wildman–Crippen MR) is 72.9 cm³/mol. The summed E-state index contributed by atoms with van der Waals surface area (Å²) in [5, 5.41) is 12.8. The van der Waals surface area contributed by atoms with Crippen LogP contribution in [0.5, 0.6) is 0 Å². The van der Waals surface area contributed by atoms with E-state index in [1.165, 1.54) is 7.11 Å². The summed E-state index contributed by atoms with van der Waals surface area (Å²) < 4.78 is 9.42. The smallest absolute Gasteiger partial charge is 0.350 e. The van der Waals surface area contributed by atoms with Crippen molar-refractivity contribution in [3.05, 3.63) is 16.8 Å². The van der Waals surface area contributed by atoms with Gasteiger partial charge in [0, 0.05) is 0 Å². The average Bonchev–Trinajstić information content (AvgIpc) is 2.80. The number of aryl methyl sites for hydroxylation is 1. The van der Waals surface area contributed by atoms with Gasteiger partial charge in [0.05, 0.1) is 24.1 Å². The summed E-state index contributed by atoms with van der Waals surface area (Å²) >= 11 is 0. The minimum atomic E-state index is -0.815. The first-order valence-electron chi connectivity index (χ1n) is 6.29. The Morgan fingerprint density at radius 1 is 1.50 bits per heavy atom. The molecule has 0 saturated carbocycles. The molecule has 0 spiro atoms. The van der Waals surface area contributed by atoms with Gasteiger partial charge in [-0.1, -0.05) is 24.9 Å². The van der Waals surface area contributed by atoms with Gasteiger partial charge in [-0.3, -0.25) is 0 Å². The van der Waals surface area contributed by atoms with Gasteiger partial charge in [0.25, 0.3) is 0 Å². The zero-order chi connectivity index (χ0) is 15.1. The molecule has 0 bridgehead atoms. The molecule has 0 amide bonds. The predicted octanol–water partition coefficient (Wildman–Crippen LogP) is 1.36. The Labute approximate surface area is 117 Å². The van der Waals surface area contributed by atoms with Gasteiger partial charge in [-0.05, 0) is 12.8 Å². The number of hydrogen-bond donors (Lipinski definition) is 2. The molecular weight excluding hydrogens is 260 g/mol. The van der Waals surface area contributed by atoms with E-state index in [1.807, 2.05) is 0 Å². The van der Waals surface area contributed by atoms with Crippen molar-refractivity contribution in [3.8, 4) is 6.07 Å². The van der Waals surface area contributed by atoms with Crippen molar-refractivity contribution >= 4 is 17.6 Å². The van der Waals surface area contributed by atoms with Gasteiger partial charge in [-0.15, -0.1) is 0 Å². The molecule has 0 unspecified atom stereocenters. The molecule has 4 N–H and O–H groups in total. The lowest BCUT2D eigenvalue weighted by atomic mass is 10.0. The Morgan fingerprint density at radius 2 is 2.20 bits per heavy atom. The Morgan fingerprint density at radius 3 is 2.75 bits per heavy atom. The number of nitriles is 1. The van der Waals surface area contributed by atoms with Crippen molar-refractivity contribution in [1.82, 2.24) is 5.16 Å². The standard InChI is InChI=1S/C13H18N4O3/c1-3-4-5-6-9-10(12(16)20-17-9)11(15)8(7-14)13(18)19-2/h3-6,15-16H2,1-2H3. The molecular formula is C13H18N4O3. The van der Waals surface area contributed by atoms with Gasteiger partial charge in [0.2, 0.25) is 5.88 Å². The molecule has 7 nitrogen and oxygen atoms in total. The van der Waals surface area contributed by atoms with Crippen molar-refractivity contribution in [2.45, 2.75) is 32.6 Å². The number of ether oxygens (including phenoxy) is 1. The third-order valence-corrected chi connectivity index (χ3v) is 2.85. The molecule has 1 aromatic rings. The molecule has 0 atom stereocenters. The van der Waals surface area contributed by atoms with Gasteiger partial charge in [-0.25, -0.2) is 4.79 Å². The number of unbranched alkanes of at least 4 members (excludes halogenated alkanes) is 2. The van der Waals surface area contributed by atoms with Crippen LogP contribution in [-0.4, -0.2) is 18.2 Å². The highest BCUT2D eigenvalue weighted by Crippen LogP contribution is 2.26. The van der Waals surface area contributed by atoms with E-state index in [2.05, 4.69) is 16.8 Å². The minimum absolute atomic E-state index is 0.00866. The summed E-state index contributed by atoms with van der Waals surface area (Å²) in [6.45, 7) is 2.08. The molecule has 0 aromatic carbocycles. The second-order valence-corrected chi connectivity index (χ2v) is 4.22. The SMILES string of the molecule is CCCCCc1noc(N)c1C(N)=C(C#N)C(=O)OC. The maximum absolute atomic E-state index is 11.5. The fourth-order valence-corrected chi connectivity index (χ4v) is 1.78. The van der Waals surface area contributed by atoms with E-state index in [4.69, 9.17) is 21.3 Å². The van der Waals surface area contributed by atoms with Crippen LogP contribution in [0.3, 0.4) is 0 Å². The summed E-state index contributed by atoms with van der Waals surface area (Å²) in [7, 11) is 1.17. The van der Waals surface area contributed by atoms with Crippen LogP contribution in [0.25, 0.3) is 5.70 Å². The monoisotopic (exact) mass is 278 g/mol. The molecule has 7 heteroatoms. The lowest BCUT2D eigenvalue weighted by molar-refractivity contribution is -0.135. The van der Waals surface area contributed by atoms with Gasteiger partial charge in [-0.2, -0.15) is 5.26 Å². The molecule has 0 fully saturated rings. The number of rotatable bonds is 6. The normalized spacial score (nSPS) is 11.7. The maximum atomic E-state index is 11.5. The minimum Gasteiger partial charge on any atom is -0.465 e. The van der Waals surface area contributed by atoms with Crippen LogP contribution >= 0.6 is 0 Å². The van der Waals surface area contributed by atoms with Crippen LogP contribution in [-0.2, 0) is 16.0 Å². The topological polar surface area (TPSA) is 128 Å². The Kier molecular flexibility index (Phi) is 5.59. The van der Waals surface area contributed by atoms with E-state index < -0.39 is 5.97 Å². The molecule has 0 aliphatic rings. The van der Waals surface area contributed by atoms with E-state index in [0.29, 0.717) is 17.7 Å². The molecule has 0 aliphatic heterocycles. The molecule has 0 radical (unpaired) electrons. The summed E-state index contributed by atoms with van der Waals surface area (Å²) in [5.41, 5.74) is 12.0. The number of esters is 1. The number of hydrogen-bond acceptors (Lipinski definition) is 7. The summed E-state index contributed by atoms with van der Waals surface area (Å²) in [6.07, 6.45) is 3.59. The highest BCUT2D eigenvalue weighted by Gasteiger charge is 2.22. The fraction of sp³-hybridized carbons (Fsp3) is 0.462. The number of anilines is 1. The zero-order valence-corrected chi connectivity index (χ0v) is 11.6. The Bertz CT molecular complexity index is 554. The number of nitrogen functional groups attached to an aromatic ring is 1. The first kappa shape index (κ1) is 15.6. The van der Waals surface area contributed by atoms with E-state index >= 15 is 0 Å². The van der Waals surface area contributed by atoms with Crippen LogP contribution in [0.4, 0.5) is 5.88 Å². The van der Waals surface area contributed by atoms with E-state index in [1.54, 1.807) is 6.07 Å². The summed E-state index contributed by atoms with van der Waals surface area (Å²) in [5.74, 6) is -0.823. The summed E-state index contributed by atoms with van der Waals surface area (Å²) in [6, 6.07) is 1.72. The molecule has 20 heavy (non-hydrogen) atoms. The van der Waals surface area contributed by atoms with E-state index in [-0.39, 0.29) is 17.2 Å². The number of nitrogens with zero attached hydrogens (tertiary/aromatic N) is 2. The molecule has 0 aliphatic carbocycles.